The normalized spacial score (nSPS) is 13.8. The van der Waals surface area contributed by atoms with Gasteiger partial charge in [0.15, 0.2) is 0 Å². The van der Waals surface area contributed by atoms with Crippen molar-refractivity contribution in [1.29, 1.82) is 0 Å². The first kappa shape index (κ1) is 14.5. The molecule has 0 saturated heterocycles. The average molecular weight is 319 g/mol. The fourth-order valence-electron chi connectivity index (χ4n) is 2.67. The number of nitrogen functional groups attached to an aromatic ring is 1. The third-order valence-corrected chi connectivity index (χ3v) is 4.74. The van der Waals surface area contributed by atoms with E-state index in [1.54, 1.807) is 11.0 Å². The highest BCUT2D eigenvalue weighted by Gasteiger charge is 2.28. The van der Waals surface area contributed by atoms with E-state index in [0.717, 1.165) is 10.4 Å². The number of nitrogens with zero attached hydrogens (tertiary/aromatic N) is 1. The number of hydrogen-bond donors (Lipinski definition) is 2. The van der Waals surface area contributed by atoms with Gasteiger partial charge >= 0.3 is 0 Å². The van der Waals surface area contributed by atoms with Crippen LogP contribution in [0, 0.1) is 5.82 Å². The third kappa shape index (κ3) is 2.43. The third-order valence-electron chi connectivity index (χ3n) is 3.69. The molecule has 0 fully saturated rings. The number of hydrogen-bond acceptors (Lipinski definition) is 4. The van der Waals surface area contributed by atoms with E-state index >= 15 is 0 Å². The first-order valence-corrected chi connectivity index (χ1v) is 7.53. The zero-order valence-electron chi connectivity index (χ0n) is 11.6. The van der Waals surface area contributed by atoms with Crippen molar-refractivity contribution in [3.63, 3.8) is 0 Å². The number of nitrogens with two attached hydrogens (primary N) is 2. The Hall–Kier alpha value is -2.41. The van der Waals surface area contributed by atoms with E-state index in [1.165, 1.54) is 29.5 Å². The molecule has 2 amide bonds. The standard InChI is InChI=1S/C15H14FN3O2S/c16-9-3-1-2-8(6-9)15(21)19-5-4-10-11(7-19)22-14(18)12(10)13(17)20/h1-3,6H,4-5,7,18H2,(H2,17,20). The van der Waals surface area contributed by atoms with Crippen LogP contribution in [0.4, 0.5) is 9.39 Å². The SMILES string of the molecule is NC(=O)c1c(N)sc2c1CCN(C(=O)c1cccc(F)c1)C2. The lowest BCUT2D eigenvalue weighted by molar-refractivity contribution is 0.0736. The van der Waals surface area contributed by atoms with Crippen molar-refractivity contribution in [1.82, 2.24) is 4.90 Å². The maximum absolute atomic E-state index is 13.2. The van der Waals surface area contributed by atoms with Crippen molar-refractivity contribution in [3.05, 3.63) is 51.7 Å². The van der Waals surface area contributed by atoms with Gasteiger partial charge in [-0.15, -0.1) is 11.3 Å². The van der Waals surface area contributed by atoms with Crippen molar-refractivity contribution < 1.29 is 14.0 Å². The molecule has 2 heterocycles. The predicted octanol–water partition coefficient (Wildman–Crippen LogP) is 1.77. The van der Waals surface area contributed by atoms with E-state index in [4.69, 9.17) is 11.5 Å². The molecule has 0 spiro atoms. The minimum absolute atomic E-state index is 0.238. The van der Waals surface area contributed by atoms with Crippen LogP contribution in [0.15, 0.2) is 24.3 Å². The summed E-state index contributed by atoms with van der Waals surface area (Å²) in [5, 5.41) is 0.387. The fraction of sp³-hybridized carbons (Fsp3) is 0.200. The monoisotopic (exact) mass is 319 g/mol. The van der Waals surface area contributed by atoms with Gasteiger partial charge in [0.25, 0.3) is 11.8 Å². The van der Waals surface area contributed by atoms with Gasteiger partial charge in [-0.1, -0.05) is 6.07 Å². The molecule has 0 unspecified atom stereocenters. The second-order valence-corrected chi connectivity index (χ2v) is 6.23. The molecule has 0 atom stereocenters. The molecule has 4 N–H and O–H groups in total. The summed E-state index contributed by atoms with van der Waals surface area (Å²) in [4.78, 5) is 26.4. The molecule has 0 bridgehead atoms. The molecule has 114 valence electrons. The topological polar surface area (TPSA) is 89.4 Å². The van der Waals surface area contributed by atoms with Gasteiger partial charge in [-0.25, -0.2) is 4.39 Å². The highest BCUT2D eigenvalue weighted by Crippen LogP contribution is 2.35. The van der Waals surface area contributed by atoms with E-state index in [9.17, 15) is 14.0 Å². The predicted molar refractivity (Wildman–Crippen MR) is 82.1 cm³/mol. The van der Waals surface area contributed by atoms with Crippen LogP contribution < -0.4 is 11.5 Å². The Morgan fingerprint density at radius 3 is 2.77 bits per heavy atom. The van der Waals surface area contributed by atoms with E-state index < -0.39 is 11.7 Å². The highest BCUT2D eigenvalue weighted by molar-refractivity contribution is 7.16. The summed E-state index contributed by atoms with van der Waals surface area (Å²) in [6, 6.07) is 5.60. The van der Waals surface area contributed by atoms with Gasteiger partial charge in [0, 0.05) is 17.0 Å². The summed E-state index contributed by atoms with van der Waals surface area (Å²) >= 11 is 1.27. The van der Waals surface area contributed by atoms with Crippen LogP contribution in [0.25, 0.3) is 0 Å². The first-order valence-electron chi connectivity index (χ1n) is 6.72. The zero-order chi connectivity index (χ0) is 15.9. The smallest absolute Gasteiger partial charge is 0.254 e. The Morgan fingerprint density at radius 1 is 1.32 bits per heavy atom. The molecule has 0 radical (unpaired) electrons. The number of fused-ring (bicyclic) bond motifs is 1. The zero-order valence-corrected chi connectivity index (χ0v) is 12.5. The Morgan fingerprint density at radius 2 is 2.09 bits per heavy atom. The number of benzene rings is 1. The number of carbonyl (C=O) groups excluding carboxylic acids is 2. The van der Waals surface area contributed by atoms with Crippen LogP contribution in [0.3, 0.4) is 0 Å². The number of primary amides is 1. The molecule has 0 saturated carbocycles. The molecule has 1 aliphatic heterocycles. The van der Waals surface area contributed by atoms with Gasteiger partial charge < -0.3 is 16.4 Å². The van der Waals surface area contributed by atoms with Crippen molar-refractivity contribution in [2.75, 3.05) is 12.3 Å². The number of anilines is 1. The molecule has 1 aliphatic rings. The Balaban J connectivity index is 1.87. The Kier molecular flexibility index (Phi) is 3.58. The van der Waals surface area contributed by atoms with Crippen molar-refractivity contribution in [3.8, 4) is 0 Å². The van der Waals surface area contributed by atoms with Crippen molar-refractivity contribution in [2.45, 2.75) is 13.0 Å². The largest absolute Gasteiger partial charge is 0.390 e. The van der Waals surface area contributed by atoms with Crippen LogP contribution in [-0.2, 0) is 13.0 Å². The first-order chi connectivity index (χ1) is 10.5. The van der Waals surface area contributed by atoms with Crippen molar-refractivity contribution >= 4 is 28.2 Å². The lowest BCUT2D eigenvalue weighted by atomic mass is 10.0. The summed E-state index contributed by atoms with van der Waals surface area (Å²) in [6.07, 6.45) is 0.516. The minimum Gasteiger partial charge on any atom is -0.390 e. The van der Waals surface area contributed by atoms with Crippen LogP contribution in [0.5, 0.6) is 0 Å². The summed E-state index contributed by atoms with van der Waals surface area (Å²) in [5.41, 5.74) is 12.7. The van der Waals surface area contributed by atoms with E-state index in [1.807, 2.05) is 0 Å². The Bertz CT molecular complexity index is 772. The number of rotatable bonds is 2. The lowest BCUT2D eigenvalue weighted by Gasteiger charge is -2.27. The lowest BCUT2D eigenvalue weighted by Crippen LogP contribution is -2.36. The molecule has 1 aromatic heterocycles. The number of thiophene rings is 1. The summed E-state index contributed by atoms with van der Waals surface area (Å²) < 4.78 is 13.2. The molecule has 3 rings (SSSR count). The van der Waals surface area contributed by atoms with E-state index in [-0.39, 0.29) is 5.91 Å². The van der Waals surface area contributed by atoms with Gasteiger partial charge in [-0.2, -0.15) is 0 Å². The van der Waals surface area contributed by atoms with Gasteiger partial charge in [0.1, 0.15) is 5.82 Å². The number of halogens is 1. The van der Waals surface area contributed by atoms with Gasteiger partial charge in [0.05, 0.1) is 17.1 Å². The number of carbonyl (C=O) groups is 2. The summed E-state index contributed by atoms with van der Waals surface area (Å²) in [7, 11) is 0. The van der Waals surface area contributed by atoms with E-state index in [0.29, 0.717) is 35.6 Å². The Labute approximate surface area is 130 Å². The molecule has 5 nitrogen and oxygen atoms in total. The quantitative estimate of drug-likeness (QED) is 0.884. The molecule has 0 aliphatic carbocycles. The van der Waals surface area contributed by atoms with E-state index in [2.05, 4.69) is 0 Å². The van der Waals surface area contributed by atoms with Gasteiger partial charge in [-0.05, 0) is 30.2 Å². The van der Waals surface area contributed by atoms with Crippen LogP contribution in [-0.4, -0.2) is 23.3 Å². The maximum Gasteiger partial charge on any atom is 0.254 e. The second-order valence-electron chi connectivity index (χ2n) is 5.09. The fourth-order valence-corrected chi connectivity index (χ4v) is 3.81. The minimum atomic E-state index is -0.542. The van der Waals surface area contributed by atoms with Gasteiger partial charge in [0.2, 0.25) is 0 Å². The maximum atomic E-state index is 13.2. The molecule has 7 heteroatoms. The molecule has 22 heavy (non-hydrogen) atoms. The van der Waals surface area contributed by atoms with Gasteiger partial charge in [-0.3, -0.25) is 9.59 Å². The van der Waals surface area contributed by atoms with Crippen molar-refractivity contribution in [2.24, 2.45) is 5.73 Å². The van der Waals surface area contributed by atoms with Crippen LogP contribution >= 0.6 is 11.3 Å². The average Bonchev–Trinajstić information content (AvgIpc) is 2.81. The number of amides is 2. The summed E-state index contributed by atoms with van der Waals surface area (Å²) in [6.45, 7) is 0.797. The molecular formula is C15H14FN3O2S. The van der Waals surface area contributed by atoms with Crippen LogP contribution in [0.2, 0.25) is 0 Å². The molecule has 1 aromatic carbocycles. The highest BCUT2D eigenvalue weighted by atomic mass is 32.1. The second kappa shape index (κ2) is 5.42. The van der Waals surface area contributed by atoms with Crippen LogP contribution in [0.1, 0.15) is 31.2 Å². The molecule has 2 aromatic rings. The molecular weight excluding hydrogens is 305 g/mol. The summed E-state index contributed by atoms with van der Waals surface area (Å²) in [5.74, 6) is -1.22.